The molecule has 2 heterocycles. The molecular formula is C19H29N3O2S. The molecule has 0 radical (unpaired) electrons. The van der Waals surface area contributed by atoms with Crippen molar-refractivity contribution in [3.05, 3.63) is 33.5 Å². The molecule has 3 rings (SSSR count). The molecule has 2 aliphatic heterocycles. The number of hydrogen-bond donors (Lipinski definition) is 4. The van der Waals surface area contributed by atoms with Crippen LogP contribution in [0, 0.1) is 11.3 Å². The van der Waals surface area contributed by atoms with Crippen molar-refractivity contribution in [2.75, 3.05) is 6.61 Å². The first-order chi connectivity index (χ1) is 11.7. The highest BCUT2D eigenvalue weighted by Gasteiger charge is 2.38. The van der Waals surface area contributed by atoms with Gasteiger partial charge >= 0.3 is 0 Å². The second-order valence-electron chi connectivity index (χ2n) is 8.35. The summed E-state index contributed by atoms with van der Waals surface area (Å²) in [6.45, 7) is 8.60. The number of dihydropyridines is 1. The lowest BCUT2D eigenvalue weighted by Gasteiger charge is -2.38. The Morgan fingerprint density at radius 3 is 2.88 bits per heavy atom. The number of nitrogens with two attached hydrogens (primary N) is 1. The minimum Gasteiger partial charge on any atom is -0.397 e. The molecule has 1 amide bonds. The van der Waals surface area contributed by atoms with Gasteiger partial charge in [-0.05, 0) is 49.2 Å². The Kier molecular flexibility index (Phi) is 4.95. The van der Waals surface area contributed by atoms with Gasteiger partial charge in [-0.1, -0.05) is 32.5 Å². The van der Waals surface area contributed by atoms with Gasteiger partial charge in [-0.2, -0.15) is 0 Å². The second-order valence-corrected chi connectivity index (χ2v) is 9.47. The fourth-order valence-corrected chi connectivity index (χ4v) is 4.82. The van der Waals surface area contributed by atoms with E-state index in [1.54, 1.807) is 6.92 Å². The number of carbonyl (C=O) groups is 1. The molecule has 0 spiro atoms. The minimum absolute atomic E-state index is 0.0233. The Balaban J connectivity index is 1.81. The third kappa shape index (κ3) is 3.60. The summed E-state index contributed by atoms with van der Waals surface area (Å²) >= 11 is 1.47. The second kappa shape index (κ2) is 6.72. The molecule has 0 fully saturated rings. The van der Waals surface area contributed by atoms with E-state index in [0.29, 0.717) is 21.9 Å². The van der Waals surface area contributed by atoms with E-state index in [9.17, 15) is 4.79 Å². The predicted molar refractivity (Wildman–Crippen MR) is 102 cm³/mol. The van der Waals surface area contributed by atoms with Crippen molar-refractivity contribution in [2.45, 2.75) is 58.4 Å². The van der Waals surface area contributed by atoms with Crippen LogP contribution in [-0.2, 0) is 4.79 Å². The average molecular weight is 364 g/mol. The van der Waals surface area contributed by atoms with E-state index in [1.165, 1.54) is 29.5 Å². The Hall–Kier alpha value is -1.40. The highest BCUT2D eigenvalue weighted by atomic mass is 32.2. The zero-order valence-electron chi connectivity index (χ0n) is 15.5. The molecule has 138 valence electrons. The number of aliphatic hydroxyl groups excluding tert-OH is 1. The monoisotopic (exact) mass is 363 g/mol. The average Bonchev–Trinajstić information content (AvgIpc) is 2.87. The molecule has 6 heteroatoms. The van der Waals surface area contributed by atoms with Crippen LogP contribution in [0.5, 0.6) is 0 Å². The molecule has 3 aliphatic rings. The maximum absolute atomic E-state index is 12.4. The quantitative estimate of drug-likeness (QED) is 0.618. The molecule has 0 aromatic heterocycles. The summed E-state index contributed by atoms with van der Waals surface area (Å²) in [5.74, 6) is 0.459. The molecule has 1 aliphatic carbocycles. The Bertz CT molecular complexity index is 673. The lowest BCUT2D eigenvalue weighted by atomic mass is 9.71. The normalized spacial score (nSPS) is 27.3. The minimum atomic E-state index is -0.281. The fraction of sp³-hybridized carbons (Fsp3) is 0.632. The maximum atomic E-state index is 12.4. The summed E-state index contributed by atoms with van der Waals surface area (Å²) < 4.78 is 0. The number of allylic oxidation sites excluding steroid dienone is 3. The van der Waals surface area contributed by atoms with E-state index in [2.05, 4.69) is 37.5 Å². The zero-order valence-corrected chi connectivity index (χ0v) is 16.3. The summed E-state index contributed by atoms with van der Waals surface area (Å²) in [7, 11) is 0. The number of aliphatic hydroxyl groups is 1. The van der Waals surface area contributed by atoms with Crippen molar-refractivity contribution in [3.8, 4) is 0 Å². The Morgan fingerprint density at radius 1 is 1.52 bits per heavy atom. The van der Waals surface area contributed by atoms with Crippen molar-refractivity contribution in [2.24, 2.45) is 17.1 Å². The molecule has 0 saturated carbocycles. The summed E-state index contributed by atoms with van der Waals surface area (Å²) in [6.07, 6.45) is 5.51. The van der Waals surface area contributed by atoms with Crippen LogP contribution >= 0.6 is 11.8 Å². The maximum Gasteiger partial charge on any atom is 0.260 e. The van der Waals surface area contributed by atoms with E-state index >= 15 is 0 Å². The molecule has 0 aromatic rings. The van der Waals surface area contributed by atoms with E-state index in [4.69, 9.17) is 10.8 Å². The van der Waals surface area contributed by atoms with E-state index in [1.807, 2.05) is 0 Å². The number of fused-ring (bicyclic) bond motifs is 1. The number of amides is 1. The smallest absolute Gasteiger partial charge is 0.260 e. The van der Waals surface area contributed by atoms with Crippen LogP contribution in [-0.4, -0.2) is 29.0 Å². The van der Waals surface area contributed by atoms with Crippen molar-refractivity contribution in [1.82, 2.24) is 10.6 Å². The van der Waals surface area contributed by atoms with E-state index in [0.717, 1.165) is 18.4 Å². The largest absolute Gasteiger partial charge is 0.397 e. The van der Waals surface area contributed by atoms with Gasteiger partial charge in [0.1, 0.15) is 5.37 Å². The summed E-state index contributed by atoms with van der Waals surface area (Å²) in [4.78, 5) is 13.0. The van der Waals surface area contributed by atoms with E-state index in [-0.39, 0.29) is 23.9 Å². The van der Waals surface area contributed by atoms with Crippen LogP contribution in [0.15, 0.2) is 33.5 Å². The van der Waals surface area contributed by atoms with Crippen LogP contribution in [0.3, 0.4) is 0 Å². The SMILES string of the molecule is C[C@H](CO)NC(=O)C1=C(N)C2=CC3=C(CCC(C(C)(C)C)C3)NC2S1. The molecule has 0 saturated heterocycles. The van der Waals surface area contributed by atoms with Crippen molar-refractivity contribution in [1.29, 1.82) is 0 Å². The van der Waals surface area contributed by atoms with Crippen LogP contribution in [0.2, 0.25) is 0 Å². The molecule has 3 atom stereocenters. The molecule has 0 aromatic carbocycles. The first kappa shape index (κ1) is 18.4. The van der Waals surface area contributed by atoms with Crippen LogP contribution in [0.25, 0.3) is 0 Å². The Labute approximate surface area is 154 Å². The number of thioether (sulfide) groups is 1. The van der Waals surface area contributed by atoms with E-state index < -0.39 is 0 Å². The summed E-state index contributed by atoms with van der Waals surface area (Å²) in [6, 6.07) is -0.281. The van der Waals surface area contributed by atoms with Crippen LogP contribution < -0.4 is 16.4 Å². The third-order valence-electron chi connectivity index (χ3n) is 5.39. The first-order valence-corrected chi connectivity index (χ1v) is 9.87. The molecule has 25 heavy (non-hydrogen) atoms. The Morgan fingerprint density at radius 2 is 2.24 bits per heavy atom. The fourth-order valence-electron chi connectivity index (χ4n) is 3.65. The molecule has 2 unspecified atom stereocenters. The van der Waals surface area contributed by atoms with Gasteiger partial charge in [-0.15, -0.1) is 0 Å². The lowest BCUT2D eigenvalue weighted by molar-refractivity contribution is -0.117. The molecule has 5 N–H and O–H groups in total. The zero-order chi connectivity index (χ0) is 18.4. The highest BCUT2D eigenvalue weighted by molar-refractivity contribution is 8.05. The van der Waals surface area contributed by atoms with Gasteiger partial charge in [0.2, 0.25) is 0 Å². The van der Waals surface area contributed by atoms with Crippen molar-refractivity contribution >= 4 is 17.7 Å². The molecular weight excluding hydrogens is 334 g/mol. The number of nitrogens with one attached hydrogen (secondary N) is 2. The predicted octanol–water partition coefficient (Wildman–Crippen LogP) is 2.36. The molecule has 5 nitrogen and oxygen atoms in total. The third-order valence-corrected chi connectivity index (χ3v) is 6.64. The van der Waals surface area contributed by atoms with Crippen molar-refractivity contribution in [3.63, 3.8) is 0 Å². The summed E-state index contributed by atoms with van der Waals surface area (Å²) in [5, 5.41) is 15.5. The summed E-state index contributed by atoms with van der Waals surface area (Å²) in [5.41, 5.74) is 10.8. The van der Waals surface area contributed by atoms with Gasteiger partial charge in [0.05, 0.1) is 17.2 Å². The van der Waals surface area contributed by atoms with Crippen molar-refractivity contribution < 1.29 is 9.90 Å². The molecule has 0 bridgehead atoms. The van der Waals surface area contributed by atoms with Gasteiger partial charge in [0.25, 0.3) is 5.91 Å². The standard InChI is InChI=1S/C19H29N3O2S/c1-10(9-23)21-17(24)16-15(20)13-8-11-7-12(19(2,3)4)5-6-14(11)22-18(13)25-16/h8,10,12,18,22-23H,5-7,9,20H2,1-4H3,(H,21,24)/t10-,12?,18?/m1/s1. The topological polar surface area (TPSA) is 87.4 Å². The number of rotatable bonds is 3. The first-order valence-electron chi connectivity index (χ1n) is 8.99. The number of carbonyl (C=O) groups excluding carboxylic acids is 1. The van der Waals surface area contributed by atoms with Crippen LogP contribution in [0.4, 0.5) is 0 Å². The van der Waals surface area contributed by atoms with Crippen LogP contribution in [0.1, 0.15) is 47.0 Å². The van der Waals surface area contributed by atoms with Gasteiger partial charge in [0.15, 0.2) is 0 Å². The van der Waals surface area contributed by atoms with Gasteiger partial charge in [0, 0.05) is 17.3 Å². The highest BCUT2D eigenvalue weighted by Crippen LogP contribution is 2.46. The van der Waals surface area contributed by atoms with Gasteiger partial charge in [-0.25, -0.2) is 0 Å². The van der Waals surface area contributed by atoms with Gasteiger partial charge in [-0.3, -0.25) is 4.79 Å². The van der Waals surface area contributed by atoms with Gasteiger partial charge < -0.3 is 21.5 Å². The number of hydrogen-bond acceptors (Lipinski definition) is 5. The lowest BCUT2D eigenvalue weighted by Crippen LogP contribution is -2.36.